The van der Waals surface area contributed by atoms with Crippen LogP contribution < -0.4 is 0 Å². The van der Waals surface area contributed by atoms with Crippen molar-refractivity contribution < 1.29 is 46.5 Å². The molecular weight excluding hydrogens is 1380 g/mol. The van der Waals surface area contributed by atoms with Crippen LogP contribution in [-0.2, 0) is 45.3 Å². The van der Waals surface area contributed by atoms with E-state index >= 15 is 0 Å². The molecule has 3 amide bonds. The number of likely N-dealkylation sites (tertiary alicyclic amines) is 3. The molecule has 5 aliphatic heterocycles. The highest BCUT2D eigenvalue weighted by atomic mass is 32.2. The van der Waals surface area contributed by atoms with E-state index in [2.05, 4.69) is 134 Å². The fourth-order valence-electron chi connectivity index (χ4n) is 17.4. The summed E-state index contributed by atoms with van der Waals surface area (Å²) in [6.45, 7) is 11.3. The van der Waals surface area contributed by atoms with Gasteiger partial charge in [-0.3, -0.25) is 14.4 Å². The van der Waals surface area contributed by atoms with E-state index < -0.39 is 20.0 Å². The van der Waals surface area contributed by atoms with Gasteiger partial charge >= 0.3 is 0 Å². The zero-order valence-electron chi connectivity index (χ0n) is 63.1. The number of fused-ring (bicyclic) bond motifs is 5. The average molecular weight is 1490 g/mol. The third kappa shape index (κ3) is 18.0. The molecule has 8 N–H and O–H groups in total. The summed E-state index contributed by atoms with van der Waals surface area (Å²) < 4.78 is 50.6. The second-order valence-corrected chi connectivity index (χ2v) is 34.5. The number of benzene rings is 5. The first kappa shape index (κ1) is 78.9. The predicted molar refractivity (Wildman–Crippen MR) is 424 cm³/mol. The maximum Gasteiger partial charge on any atom is 0.219 e. The van der Waals surface area contributed by atoms with E-state index in [1.165, 1.54) is 66.1 Å². The summed E-state index contributed by atoms with van der Waals surface area (Å²) in [5.74, 6) is 1.70. The Morgan fingerprint density at radius 1 is 0.425 bits per heavy atom. The maximum atomic E-state index is 12.1. The van der Waals surface area contributed by atoms with Crippen molar-refractivity contribution >= 4 is 92.3 Å². The first-order valence-electron chi connectivity index (χ1n) is 37.4. The van der Waals surface area contributed by atoms with Gasteiger partial charge < -0.3 is 64.7 Å². The number of carbonyl (C=O) groups is 3. The van der Waals surface area contributed by atoms with Gasteiger partial charge in [0.1, 0.15) is 0 Å². The van der Waals surface area contributed by atoms with Crippen molar-refractivity contribution in [1.82, 2.24) is 58.0 Å². The summed E-state index contributed by atoms with van der Waals surface area (Å²) in [6, 6.07) is 41.6. The summed E-state index contributed by atoms with van der Waals surface area (Å²) >= 11 is 0. The molecule has 0 radical (unpaired) electrons. The predicted octanol–water partition coefficient (Wildman–Crippen LogP) is 10.8. The fourth-order valence-corrected chi connectivity index (χ4v) is 19.4. The number of nitrogens with zero attached hydrogens (tertiary/aromatic N) is 7. The number of piperidine rings is 5. The van der Waals surface area contributed by atoms with Crippen LogP contribution in [0.15, 0.2) is 152 Å². The van der Waals surface area contributed by atoms with E-state index in [-0.39, 0.29) is 60.5 Å². The number of likely N-dealkylation sites (N-methyl/N-ethyl adjacent to an activating group) is 2. The van der Waals surface area contributed by atoms with Crippen LogP contribution in [0.1, 0.15) is 131 Å². The van der Waals surface area contributed by atoms with Gasteiger partial charge in [-0.05, 0) is 168 Å². The van der Waals surface area contributed by atoms with Gasteiger partial charge in [-0.15, -0.1) is 0 Å². The van der Waals surface area contributed by atoms with Gasteiger partial charge in [-0.25, -0.2) is 21.1 Å². The van der Waals surface area contributed by atoms with E-state index in [0.29, 0.717) is 56.3 Å². The molecule has 0 saturated carbocycles. The molecule has 570 valence electrons. The number of aromatic amines is 5. The van der Waals surface area contributed by atoms with Crippen LogP contribution in [0.3, 0.4) is 0 Å². The normalized spacial score (nSPS) is 21.6. The number of amides is 3. The first-order valence-corrected chi connectivity index (χ1v) is 41.1. The van der Waals surface area contributed by atoms with Crippen molar-refractivity contribution in [3.05, 3.63) is 180 Å². The largest absolute Gasteiger partial charge is 0.395 e. The van der Waals surface area contributed by atoms with Crippen molar-refractivity contribution in [3.63, 3.8) is 0 Å². The molecule has 106 heavy (non-hydrogen) atoms. The lowest BCUT2D eigenvalue weighted by Crippen LogP contribution is -2.49. The van der Waals surface area contributed by atoms with Crippen LogP contribution in [0.2, 0.25) is 0 Å². The summed E-state index contributed by atoms with van der Waals surface area (Å²) in [5, 5.41) is 35.6. The topological polar surface area (TPSA) is 282 Å². The van der Waals surface area contributed by atoms with Crippen LogP contribution in [0.4, 0.5) is 0 Å². The second-order valence-electron chi connectivity index (χ2n) is 30.5. The standard InChI is InChI=1S/C18H25N3O.C17H25N3O2S.2C16H20N2O2.C15H20N2O3S/c1-13(22)21-9-8-14(10-15(21)12-20(2)3)17-11-19-18-7-5-4-6-16(17)18;1-19(2)12-14-10-13(8-9-20(14)23(3,21)22)16-11-18-17-7-5-4-6-15(16)17;1-12(20)18-8-6-16(11-19,7-9-18)14-10-17-15-5-3-2-4-13(14)15;1-11(20)18-7-6-12(8-13(18)10-19)15-9-17-16-5-3-2-4-14(15)16;1-21(19,20)17-8-6-15(11-18,7-9-17)13-10-16-14-5-3-2-4-12(13)14/h4-7,11,14-15,19H,8-10,12H2,1-3H3;4-7,11,13-14,18H,8-10,12H2,1-3H3;2-5,10,17,19H,6-9,11H2,1H3;2-5,9,12-13,17,19H,6-8,10H2,1H3;2-5,10,16,18H,6-9,11H2,1H3. The highest BCUT2D eigenvalue weighted by molar-refractivity contribution is 7.88. The molecule has 5 saturated heterocycles. The molecule has 10 heterocycles. The fraction of sp³-hybridized carbons (Fsp3) is 0.476. The van der Waals surface area contributed by atoms with E-state index in [1.807, 2.05) is 90.9 Å². The van der Waals surface area contributed by atoms with E-state index in [1.54, 1.807) is 30.0 Å². The SMILES string of the molecule is CC(=O)N1CCC(CO)(c2c[nH]c3ccccc23)CC1.CC(=O)N1CCC(c2c[nH]c3ccccc23)CC1CN(C)C.CC(=O)N1CCC(c2c[nH]c3ccccc23)CC1CO.CN(C)CC1CC(c2c[nH]c3ccccc23)CCN1S(C)(=O)=O.CS(=O)(=O)N1CCC(CO)(c2c[nH]c3ccccc23)CC1. The molecule has 10 aromatic rings. The lowest BCUT2D eigenvalue weighted by Gasteiger charge is -2.40. The number of sulfonamides is 2. The van der Waals surface area contributed by atoms with E-state index in [9.17, 15) is 46.5 Å². The minimum atomic E-state index is -3.16. The number of hydrogen-bond donors (Lipinski definition) is 8. The number of nitrogens with one attached hydrogen (secondary N) is 5. The van der Waals surface area contributed by atoms with E-state index in [0.717, 1.165) is 124 Å². The van der Waals surface area contributed by atoms with Gasteiger partial charge in [0.25, 0.3) is 0 Å². The minimum Gasteiger partial charge on any atom is -0.395 e. The van der Waals surface area contributed by atoms with Crippen LogP contribution >= 0.6 is 0 Å². The number of aliphatic hydroxyl groups excluding tert-OH is 3. The molecule has 0 bridgehead atoms. The average Bonchev–Trinajstić information content (AvgIpc) is 1.58. The van der Waals surface area contributed by atoms with E-state index in [4.69, 9.17) is 0 Å². The van der Waals surface area contributed by atoms with Crippen molar-refractivity contribution in [2.24, 2.45) is 0 Å². The zero-order valence-corrected chi connectivity index (χ0v) is 64.7. The Morgan fingerprint density at radius 2 is 0.755 bits per heavy atom. The number of aromatic nitrogens is 5. The van der Waals surface area contributed by atoms with Crippen LogP contribution in [0, 0.1) is 0 Å². The number of aliphatic hydroxyl groups is 3. The van der Waals surface area contributed by atoms with Crippen LogP contribution in [0.5, 0.6) is 0 Å². The molecule has 24 heteroatoms. The van der Waals surface area contributed by atoms with Gasteiger partial charge in [0.15, 0.2) is 0 Å². The number of para-hydroxylation sites is 5. The number of carbonyl (C=O) groups excluding carboxylic acids is 3. The highest BCUT2D eigenvalue weighted by Crippen LogP contribution is 2.43. The van der Waals surface area contributed by atoms with Gasteiger partial charge in [0, 0.05) is 188 Å². The second kappa shape index (κ2) is 34.4. The van der Waals surface area contributed by atoms with Gasteiger partial charge in [0.05, 0.1) is 38.4 Å². The Balaban J connectivity index is 0.000000132. The molecule has 5 fully saturated rings. The summed E-state index contributed by atoms with van der Waals surface area (Å²) in [7, 11) is 1.84. The molecule has 22 nitrogen and oxygen atoms in total. The van der Waals surface area contributed by atoms with Crippen molar-refractivity contribution in [3.8, 4) is 0 Å². The third-order valence-electron chi connectivity index (χ3n) is 23.1. The lowest BCUT2D eigenvalue weighted by atomic mass is 9.73. The Hall–Kier alpha value is -8.17. The maximum absolute atomic E-state index is 12.1. The molecule has 5 aliphatic rings. The summed E-state index contributed by atoms with van der Waals surface area (Å²) in [4.78, 5) is 61.5. The molecule has 6 unspecified atom stereocenters. The minimum absolute atomic E-state index is 0.0342. The number of H-pyrrole nitrogens is 5. The number of hydrogen-bond acceptors (Lipinski definition) is 12. The summed E-state index contributed by atoms with van der Waals surface area (Å²) in [5.41, 5.74) is 11.4. The van der Waals surface area contributed by atoms with Gasteiger partial charge in [-0.1, -0.05) is 91.0 Å². The molecular formula is C82H110N12O10S2. The van der Waals surface area contributed by atoms with Crippen molar-refractivity contribution in [2.45, 2.75) is 132 Å². The van der Waals surface area contributed by atoms with Crippen molar-refractivity contribution in [2.75, 3.05) is 119 Å². The highest BCUT2D eigenvalue weighted by Gasteiger charge is 2.42. The Kier molecular flexibility index (Phi) is 25.6. The molecule has 6 atom stereocenters. The van der Waals surface area contributed by atoms with Crippen LogP contribution in [-0.4, -0.2) is 245 Å². The number of rotatable bonds is 14. The molecule has 5 aromatic carbocycles. The Morgan fingerprint density at radius 3 is 1.11 bits per heavy atom. The molecule has 0 aliphatic carbocycles. The Bertz CT molecular complexity index is 4830. The lowest BCUT2D eigenvalue weighted by molar-refractivity contribution is -0.134. The monoisotopic (exact) mass is 1490 g/mol. The molecule has 15 rings (SSSR count). The smallest absolute Gasteiger partial charge is 0.219 e. The van der Waals surface area contributed by atoms with Gasteiger partial charge in [0.2, 0.25) is 37.8 Å². The molecule has 0 spiro atoms. The van der Waals surface area contributed by atoms with Gasteiger partial charge in [-0.2, -0.15) is 4.31 Å². The van der Waals surface area contributed by atoms with Crippen LogP contribution in [0.25, 0.3) is 54.5 Å². The zero-order chi connectivity index (χ0) is 75.7. The third-order valence-corrected chi connectivity index (χ3v) is 25.8. The Labute approximate surface area is 624 Å². The summed E-state index contributed by atoms with van der Waals surface area (Å²) in [6.07, 6.45) is 21.4. The van der Waals surface area contributed by atoms with Crippen molar-refractivity contribution in [1.29, 1.82) is 0 Å². The molecule has 5 aromatic heterocycles. The first-order chi connectivity index (χ1) is 50.7. The quantitative estimate of drug-likeness (QED) is 0.0505.